The van der Waals surface area contributed by atoms with Gasteiger partial charge < -0.3 is 0 Å². The van der Waals surface area contributed by atoms with Crippen LogP contribution < -0.4 is 0 Å². The molecule has 1 aliphatic carbocycles. The van der Waals surface area contributed by atoms with Crippen molar-refractivity contribution in [3.63, 3.8) is 0 Å². The molecule has 0 aliphatic heterocycles. The third-order valence-corrected chi connectivity index (χ3v) is 4.06. The Morgan fingerprint density at radius 3 is 2.62 bits per heavy atom. The molecule has 1 nitrogen and oxygen atoms in total. The summed E-state index contributed by atoms with van der Waals surface area (Å²) in [5.74, 6) is 1.27. The van der Waals surface area contributed by atoms with Crippen molar-refractivity contribution in [2.75, 3.05) is 5.75 Å². The maximum Gasteiger partial charge on any atom is 0.0621 e. The van der Waals surface area contributed by atoms with Crippen molar-refractivity contribution >= 4 is 11.8 Å². The number of unbranched alkanes of at least 4 members (excludes halogenated alkanes) is 2. The third-order valence-electron chi connectivity index (χ3n) is 2.59. The van der Waals surface area contributed by atoms with Crippen molar-refractivity contribution in [2.24, 2.45) is 0 Å². The fraction of sp³-hybridized carbons (Fsp3) is 0.909. The van der Waals surface area contributed by atoms with Crippen LogP contribution in [-0.2, 0) is 0 Å². The van der Waals surface area contributed by atoms with Crippen LogP contribution in [0.4, 0.5) is 0 Å². The van der Waals surface area contributed by atoms with Gasteiger partial charge in [0.05, 0.1) is 6.07 Å². The summed E-state index contributed by atoms with van der Waals surface area (Å²) in [6.45, 7) is 0. The smallest absolute Gasteiger partial charge is 0.0621 e. The average Bonchev–Trinajstić information content (AvgIpc) is 2.19. The summed E-state index contributed by atoms with van der Waals surface area (Å²) in [7, 11) is 0. The molecule has 13 heavy (non-hydrogen) atoms. The monoisotopic (exact) mass is 197 g/mol. The van der Waals surface area contributed by atoms with E-state index in [1.165, 1.54) is 44.3 Å². The molecule has 0 amide bonds. The van der Waals surface area contributed by atoms with Crippen molar-refractivity contribution in [3.05, 3.63) is 0 Å². The number of hydrogen-bond donors (Lipinski definition) is 0. The van der Waals surface area contributed by atoms with Gasteiger partial charge in [0.15, 0.2) is 0 Å². The van der Waals surface area contributed by atoms with Crippen LogP contribution in [0, 0.1) is 11.3 Å². The van der Waals surface area contributed by atoms with Crippen molar-refractivity contribution in [1.29, 1.82) is 5.26 Å². The standard InChI is InChI=1S/C11H19NS/c12-9-5-2-6-10-13-11-7-3-1-4-8-11/h11H,1-8,10H2. The number of nitrogens with zero attached hydrogens (tertiary/aromatic N) is 1. The lowest BCUT2D eigenvalue weighted by Gasteiger charge is -2.20. The Kier molecular flexibility index (Phi) is 6.10. The van der Waals surface area contributed by atoms with E-state index in [0.29, 0.717) is 0 Å². The molecule has 1 saturated carbocycles. The molecule has 74 valence electrons. The lowest BCUT2D eigenvalue weighted by Crippen LogP contribution is -2.08. The largest absolute Gasteiger partial charge is 0.198 e. The molecule has 1 rings (SSSR count). The van der Waals surface area contributed by atoms with Crippen LogP contribution in [0.2, 0.25) is 0 Å². The Hall–Kier alpha value is -0.160. The molecule has 0 aromatic heterocycles. The minimum absolute atomic E-state index is 0.741. The Morgan fingerprint density at radius 1 is 1.15 bits per heavy atom. The maximum atomic E-state index is 8.36. The van der Waals surface area contributed by atoms with Crippen LogP contribution in [0.1, 0.15) is 51.4 Å². The molecule has 0 radical (unpaired) electrons. The molecule has 0 N–H and O–H groups in total. The molecule has 0 bridgehead atoms. The summed E-state index contributed by atoms with van der Waals surface area (Å²) in [4.78, 5) is 0. The minimum atomic E-state index is 0.741. The van der Waals surface area contributed by atoms with Crippen LogP contribution >= 0.6 is 11.8 Å². The first kappa shape index (κ1) is 10.9. The average molecular weight is 197 g/mol. The van der Waals surface area contributed by atoms with E-state index in [1.54, 1.807) is 0 Å². The van der Waals surface area contributed by atoms with E-state index < -0.39 is 0 Å². The number of nitriles is 1. The van der Waals surface area contributed by atoms with Crippen LogP contribution in [0.15, 0.2) is 0 Å². The molecule has 1 aliphatic rings. The van der Waals surface area contributed by atoms with Gasteiger partial charge >= 0.3 is 0 Å². The summed E-state index contributed by atoms with van der Waals surface area (Å²) < 4.78 is 0. The van der Waals surface area contributed by atoms with E-state index >= 15 is 0 Å². The van der Waals surface area contributed by atoms with E-state index in [1.807, 2.05) is 0 Å². The zero-order valence-electron chi connectivity index (χ0n) is 8.30. The zero-order chi connectivity index (χ0) is 9.36. The summed E-state index contributed by atoms with van der Waals surface area (Å²) >= 11 is 2.14. The predicted octanol–water partition coefficient (Wildman–Crippen LogP) is 3.75. The highest BCUT2D eigenvalue weighted by atomic mass is 32.2. The van der Waals surface area contributed by atoms with Gasteiger partial charge in [0.1, 0.15) is 0 Å². The molecular weight excluding hydrogens is 178 g/mol. The SMILES string of the molecule is N#CCCCCSC1CCCCC1. The topological polar surface area (TPSA) is 23.8 Å². The van der Waals surface area contributed by atoms with Gasteiger partial charge in [0.2, 0.25) is 0 Å². The van der Waals surface area contributed by atoms with E-state index in [0.717, 1.165) is 18.1 Å². The summed E-state index contributed by atoms with van der Waals surface area (Å²) in [6.07, 6.45) is 10.3. The highest BCUT2D eigenvalue weighted by molar-refractivity contribution is 7.99. The van der Waals surface area contributed by atoms with Crippen molar-refractivity contribution in [2.45, 2.75) is 56.6 Å². The summed E-state index contributed by atoms with van der Waals surface area (Å²) in [6, 6.07) is 2.20. The molecule has 0 aromatic rings. The number of rotatable bonds is 5. The van der Waals surface area contributed by atoms with Gasteiger partial charge in [-0.15, -0.1) is 0 Å². The molecule has 0 saturated heterocycles. The van der Waals surface area contributed by atoms with Crippen molar-refractivity contribution in [3.8, 4) is 6.07 Å². The quantitative estimate of drug-likeness (QED) is 0.627. The van der Waals surface area contributed by atoms with E-state index in [9.17, 15) is 0 Å². The maximum absolute atomic E-state index is 8.36. The van der Waals surface area contributed by atoms with Gasteiger partial charge in [0, 0.05) is 11.7 Å². The first-order valence-electron chi connectivity index (χ1n) is 5.42. The molecule has 0 unspecified atom stereocenters. The Morgan fingerprint density at radius 2 is 1.92 bits per heavy atom. The second kappa shape index (κ2) is 7.26. The molecule has 2 heteroatoms. The lowest BCUT2D eigenvalue weighted by atomic mass is 10.0. The normalized spacial score (nSPS) is 18.4. The fourth-order valence-electron chi connectivity index (χ4n) is 1.79. The highest BCUT2D eigenvalue weighted by Gasteiger charge is 2.12. The lowest BCUT2D eigenvalue weighted by molar-refractivity contribution is 0.516. The predicted molar refractivity (Wildman–Crippen MR) is 58.8 cm³/mol. The first-order valence-corrected chi connectivity index (χ1v) is 6.47. The molecule has 0 aromatic carbocycles. The van der Waals surface area contributed by atoms with E-state index in [-0.39, 0.29) is 0 Å². The molecule has 0 atom stereocenters. The second-order valence-electron chi connectivity index (χ2n) is 3.75. The Bertz CT molecular complexity index is 156. The van der Waals surface area contributed by atoms with E-state index in [2.05, 4.69) is 17.8 Å². The van der Waals surface area contributed by atoms with Crippen molar-refractivity contribution < 1.29 is 0 Å². The fourth-order valence-corrected chi connectivity index (χ4v) is 3.16. The Labute approximate surface area is 85.9 Å². The summed E-state index contributed by atoms with van der Waals surface area (Å²) in [5, 5.41) is 9.30. The van der Waals surface area contributed by atoms with Gasteiger partial charge in [-0.3, -0.25) is 0 Å². The van der Waals surface area contributed by atoms with Crippen molar-refractivity contribution in [1.82, 2.24) is 0 Å². The van der Waals surface area contributed by atoms with Gasteiger partial charge in [0.25, 0.3) is 0 Å². The van der Waals surface area contributed by atoms with Gasteiger partial charge in [-0.05, 0) is 31.4 Å². The third kappa shape index (κ3) is 5.21. The van der Waals surface area contributed by atoms with Gasteiger partial charge in [-0.2, -0.15) is 17.0 Å². The van der Waals surface area contributed by atoms with Crippen LogP contribution in [0.3, 0.4) is 0 Å². The zero-order valence-corrected chi connectivity index (χ0v) is 9.11. The second-order valence-corrected chi connectivity index (χ2v) is 5.15. The highest BCUT2D eigenvalue weighted by Crippen LogP contribution is 2.28. The molecule has 0 heterocycles. The minimum Gasteiger partial charge on any atom is -0.198 e. The first-order chi connectivity index (χ1) is 6.43. The molecule has 1 fully saturated rings. The van der Waals surface area contributed by atoms with E-state index in [4.69, 9.17) is 5.26 Å². The number of thioether (sulfide) groups is 1. The summed E-state index contributed by atoms with van der Waals surface area (Å²) in [5.41, 5.74) is 0. The molecular formula is C11H19NS. The Balaban J connectivity index is 1.90. The van der Waals surface area contributed by atoms with Gasteiger partial charge in [-0.1, -0.05) is 19.3 Å². The number of hydrogen-bond acceptors (Lipinski definition) is 2. The molecule has 0 spiro atoms. The van der Waals surface area contributed by atoms with Gasteiger partial charge in [-0.25, -0.2) is 0 Å². The van der Waals surface area contributed by atoms with Crippen LogP contribution in [0.5, 0.6) is 0 Å². The van der Waals surface area contributed by atoms with Crippen LogP contribution in [-0.4, -0.2) is 11.0 Å². The van der Waals surface area contributed by atoms with Crippen LogP contribution in [0.25, 0.3) is 0 Å².